The van der Waals surface area contributed by atoms with Gasteiger partial charge in [0.2, 0.25) is 10.0 Å². The summed E-state index contributed by atoms with van der Waals surface area (Å²) in [7, 11) is -3.52. The molecule has 2 N–H and O–H groups in total. The molecule has 5 nitrogen and oxygen atoms in total. The summed E-state index contributed by atoms with van der Waals surface area (Å²) in [4.78, 5) is 12.1. The molecule has 0 aromatic heterocycles. The first-order valence-corrected chi connectivity index (χ1v) is 7.94. The van der Waals surface area contributed by atoms with E-state index in [2.05, 4.69) is 10.0 Å². The summed E-state index contributed by atoms with van der Waals surface area (Å²) in [6.45, 7) is 9.16. The third-order valence-corrected chi connectivity index (χ3v) is 3.98. The maximum absolute atomic E-state index is 11.9. The lowest BCUT2D eigenvalue weighted by Crippen LogP contribution is -2.40. The number of carbonyl (C=O) groups is 1. The van der Waals surface area contributed by atoms with Crippen LogP contribution in [-0.4, -0.2) is 25.9 Å². The van der Waals surface area contributed by atoms with Crippen LogP contribution < -0.4 is 10.0 Å². The number of nitrogens with one attached hydrogen (secondary N) is 2. The SMILES string of the molecule is CC(C)NS(=O)(=O)c1ccc(C(=O)NC(C)(C)C)cc1. The van der Waals surface area contributed by atoms with Gasteiger partial charge < -0.3 is 5.32 Å². The summed E-state index contributed by atoms with van der Waals surface area (Å²) in [5.41, 5.74) is 0.101. The van der Waals surface area contributed by atoms with Gasteiger partial charge in [0, 0.05) is 17.1 Å². The predicted molar refractivity (Wildman–Crippen MR) is 79.1 cm³/mol. The van der Waals surface area contributed by atoms with Crippen LogP contribution in [0.25, 0.3) is 0 Å². The Morgan fingerprint density at radius 3 is 2.00 bits per heavy atom. The number of hydrogen-bond acceptors (Lipinski definition) is 3. The minimum absolute atomic E-state index is 0.151. The third kappa shape index (κ3) is 4.94. The van der Waals surface area contributed by atoms with E-state index in [1.165, 1.54) is 24.3 Å². The largest absolute Gasteiger partial charge is 0.347 e. The highest BCUT2D eigenvalue weighted by atomic mass is 32.2. The van der Waals surface area contributed by atoms with E-state index in [1.807, 2.05) is 20.8 Å². The van der Waals surface area contributed by atoms with Crippen LogP contribution in [0.3, 0.4) is 0 Å². The second kappa shape index (κ2) is 5.93. The Labute approximate surface area is 120 Å². The van der Waals surface area contributed by atoms with Gasteiger partial charge in [0.15, 0.2) is 0 Å². The van der Waals surface area contributed by atoms with Crippen molar-refractivity contribution >= 4 is 15.9 Å². The van der Waals surface area contributed by atoms with E-state index in [9.17, 15) is 13.2 Å². The zero-order valence-electron chi connectivity index (χ0n) is 12.5. The molecule has 0 unspecified atom stereocenters. The van der Waals surface area contributed by atoms with Gasteiger partial charge in [-0.2, -0.15) is 0 Å². The van der Waals surface area contributed by atoms with Crippen LogP contribution in [0.4, 0.5) is 0 Å². The van der Waals surface area contributed by atoms with Crippen molar-refractivity contribution in [1.82, 2.24) is 10.0 Å². The van der Waals surface area contributed by atoms with Crippen LogP contribution in [0.15, 0.2) is 29.2 Å². The Morgan fingerprint density at radius 1 is 1.10 bits per heavy atom. The first-order chi connectivity index (χ1) is 9.01. The van der Waals surface area contributed by atoms with E-state index in [0.29, 0.717) is 5.56 Å². The van der Waals surface area contributed by atoms with E-state index in [0.717, 1.165) is 0 Å². The molecule has 1 rings (SSSR count). The van der Waals surface area contributed by atoms with Crippen molar-refractivity contribution in [3.05, 3.63) is 29.8 Å². The molecule has 6 heteroatoms. The van der Waals surface area contributed by atoms with Crippen molar-refractivity contribution < 1.29 is 13.2 Å². The third-order valence-electron chi connectivity index (χ3n) is 2.31. The number of amides is 1. The summed E-state index contributed by atoms with van der Waals surface area (Å²) in [6, 6.07) is 5.71. The van der Waals surface area contributed by atoms with Gasteiger partial charge in [0.25, 0.3) is 5.91 Å². The molecule has 0 bridgehead atoms. The van der Waals surface area contributed by atoms with E-state index in [4.69, 9.17) is 0 Å². The lowest BCUT2D eigenvalue weighted by atomic mass is 10.1. The van der Waals surface area contributed by atoms with E-state index in [-0.39, 0.29) is 22.4 Å². The van der Waals surface area contributed by atoms with E-state index in [1.54, 1.807) is 13.8 Å². The molecule has 20 heavy (non-hydrogen) atoms. The van der Waals surface area contributed by atoms with Crippen LogP contribution in [-0.2, 0) is 10.0 Å². The molecule has 1 amide bonds. The number of sulfonamides is 1. The molecule has 112 valence electrons. The van der Waals surface area contributed by atoms with Crippen molar-refractivity contribution in [2.75, 3.05) is 0 Å². The molecule has 0 saturated heterocycles. The monoisotopic (exact) mass is 298 g/mol. The van der Waals surface area contributed by atoms with Crippen molar-refractivity contribution in [3.8, 4) is 0 Å². The van der Waals surface area contributed by atoms with Crippen molar-refractivity contribution in [1.29, 1.82) is 0 Å². The minimum Gasteiger partial charge on any atom is -0.347 e. The molecular formula is C14H22N2O3S. The zero-order valence-corrected chi connectivity index (χ0v) is 13.3. The Morgan fingerprint density at radius 2 is 1.60 bits per heavy atom. The second-order valence-electron chi connectivity index (χ2n) is 6.00. The van der Waals surface area contributed by atoms with Crippen LogP contribution in [0, 0.1) is 0 Å². The maximum Gasteiger partial charge on any atom is 0.251 e. The van der Waals surface area contributed by atoms with Crippen LogP contribution in [0.1, 0.15) is 45.0 Å². The van der Waals surface area contributed by atoms with Crippen molar-refractivity contribution in [2.45, 2.75) is 51.1 Å². The van der Waals surface area contributed by atoms with Crippen LogP contribution in [0.2, 0.25) is 0 Å². The quantitative estimate of drug-likeness (QED) is 0.891. The van der Waals surface area contributed by atoms with Gasteiger partial charge in [-0.05, 0) is 58.9 Å². The highest BCUT2D eigenvalue weighted by Gasteiger charge is 2.18. The molecule has 0 atom stereocenters. The standard InChI is InChI=1S/C14H22N2O3S/c1-10(2)16-20(18,19)12-8-6-11(7-9-12)13(17)15-14(3,4)5/h6-10,16H,1-5H3,(H,15,17). The van der Waals surface area contributed by atoms with Gasteiger partial charge in [-0.3, -0.25) is 4.79 Å². The van der Waals surface area contributed by atoms with Gasteiger partial charge in [-0.1, -0.05) is 0 Å². The Hall–Kier alpha value is -1.40. The molecule has 1 aromatic rings. The summed E-state index contributed by atoms with van der Waals surface area (Å²) in [5.74, 6) is -0.224. The predicted octanol–water partition coefficient (Wildman–Crippen LogP) is 1.90. The minimum atomic E-state index is -3.52. The molecule has 0 aliphatic heterocycles. The van der Waals surface area contributed by atoms with Gasteiger partial charge in [-0.25, -0.2) is 13.1 Å². The Bertz CT molecular complexity index is 569. The molecule has 0 radical (unpaired) electrons. The second-order valence-corrected chi connectivity index (χ2v) is 7.72. The molecule has 0 fully saturated rings. The van der Waals surface area contributed by atoms with Gasteiger partial charge in [-0.15, -0.1) is 0 Å². The summed E-state index contributed by atoms with van der Waals surface area (Å²) >= 11 is 0. The maximum atomic E-state index is 11.9. The summed E-state index contributed by atoms with van der Waals surface area (Å²) < 4.78 is 26.4. The molecule has 0 aliphatic rings. The van der Waals surface area contributed by atoms with E-state index >= 15 is 0 Å². The Kier molecular flexibility index (Phi) is 4.94. The molecule has 0 saturated carbocycles. The first kappa shape index (κ1) is 16.7. The fraction of sp³-hybridized carbons (Fsp3) is 0.500. The molecule has 0 spiro atoms. The van der Waals surface area contributed by atoms with Gasteiger partial charge in [0.1, 0.15) is 0 Å². The average Bonchev–Trinajstić information content (AvgIpc) is 2.25. The lowest BCUT2D eigenvalue weighted by Gasteiger charge is -2.20. The highest BCUT2D eigenvalue weighted by Crippen LogP contribution is 2.12. The smallest absolute Gasteiger partial charge is 0.251 e. The van der Waals surface area contributed by atoms with Gasteiger partial charge in [0.05, 0.1) is 4.90 Å². The van der Waals surface area contributed by atoms with Crippen molar-refractivity contribution in [3.63, 3.8) is 0 Å². The van der Waals surface area contributed by atoms with Crippen LogP contribution in [0.5, 0.6) is 0 Å². The molecular weight excluding hydrogens is 276 g/mol. The number of benzene rings is 1. The zero-order chi connectivity index (χ0) is 15.6. The van der Waals surface area contributed by atoms with Crippen molar-refractivity contribution in [2.24, 2.45) is 0 Å². The number of hydrogen-bond donors (Lipinski definition) is 2. The fourth-order valence-electron chi connectivity index (χ4n) is 1.58. The first-order valence-electron chi connectivity index (χ1n) is 6.46. The number of rotatable bonds is 4. The average molecular weight is 298 g/mol. The normalized spacial score (nSPS) is 12.5. The van der Waals surface area contributed by atoms with Crippen LogP contribution >= 0.6 is 0 Å². The van der Waals surface area contributed by atoms with Gasteiger partial charge >= 0.3 is 0 Å². The summed E-state index contributed by atoms with van der Waals surface area (Å²) in [5, 5.41) is 2.82. The molecule has 1 aromatic carbocycles. The molecule has 0 aliphatic carbocycles. The highest BCUT2D eigenvalue weighted by molar-refractivity contribution is 7.89. The fourth-order valence-corrected chi connectivity index (χ4v) is 2.83. The molecule has 0 heterocycles. The lowest BCUT2D eigenvalue weighted by molar-refractivity contribution is 0.0919. The topological polar surface area (TPSA) is 75.3 Å². The summed E-state index contributed by atoms with van der Waals surface area (Å²) in [6.07, 6.45) is 0. The van der Waals surface area contributed by atoms with E-state index < -0.39 is 10.0 Å². The Balaban J connectivity index is 2.92. The number of carbonyl (C=O) groups excluding carboxylic acids is 1.